The van der Waals surface area contributed by atoms with E-state index in [0.717, 1.165) is 68.5 Å². The average Bonchev–Trinajstić information content (AvgIpc) is 3.19. The van der Waals surface area contributed by atoms with Gasteiger partial charge in [-0.25, -0.2) is 14.8 Å². The summed E-state index contributed by atoms with van der Waals surface area (Å²) in [4.78, 5) is 23.9. The highest BCUT2D eigenvalue weighted by Crippen LogP contribution is 2.27. The first-order valence-electron chi connectivity index (χ1n) is 10.4. The second-order valence-corrected chi connectivity index (χ2v) is 8.02. The molecule has 1 atom stereocenters. The SMILES string of the molecule is Cc1ccc(NC(=O)NC2CCN(c3nccc(C4CCOCC4)n3)C2)c(C)c1. The molecule has 7 nitrogen and oxygen atoms in total. The molecule has 0 saturated carbocycles. The van der Waals surface area contributed by atoms with Crippen molar-refractivity contribution in [3.8, 4) is 0 Å². The fourth-order valence-corrected chi connectivity index (χ4v) is 4.09. The third-order valence-corrected chi connectivity index (χ3v) is 5.74. The summed E-state index contributed by atoms with van der Waals surface area (Å²) in [6.45, 7) is 7.21. The largest absolute Gasteiger partial charge is 0.381 e. The van der Waals surface area contributed by atoms with Gasteiger partial charge in [0.25, 0.3) is 0 Å². The van der Waals surface area contributed by atoms with Crippen molar-refractivity contribution in [2.75, 3.05) is 36.5 Å². The Morgan fingerprint density at radius 3 is 2.79 bits per heavy atom. The number of aromatic nitrogens is 2. The summed E-state index contributed by atoms with van der Waals surface area (Å²) >= 11 is 0. The number of nitrogens with one attached hydrogen (secondary N) is 2. The van der Waals surface area contributed by atoms with Crippen LogP contribution in [0.1, 0.15) is 42.0 Å². The minimum absolute atomic E-state index is 0.0797. The number of amides is 2. The highest BCUT2D eigenvalue weighted by atomic mass is 16.5. The van der Waals surface area contributed by atoms with Gasteiger partial charge in [-0.2, -0.15) is 0 Å². The van der Waals surface area contributed by atoms with E-state index in [1.807, 2.05) is 38.2 Å². The zero-order valence-electron chi connectivity index (χ0n) is 17.1. The summed E-state index contributed by atoms with van der Waals surface area (Å²) in [5, 5.41) is 6.04. The standard InChI is InChI=1S/C22H29N5O2/c1-15-3-4-19(16(2)13-15)26-22(28)24-18-6-10-27(14-18)21-23-9-5-20(25-21)17-7-11-29-12-8-17/h3-5,9,13,17-18H,6-8,10-12,14H2,1-2H3,(H2,24,26,28). The van der Waals surface area contributed by atoms with E-state index in [2.05, 4.69) is 26.6 Å². The minimum atomic E-state index is -0.166. The molecule has 4 rings (SSSR count). The number of aryl methyl sites for hydroxylation is 2. The van der Waals surface area contributed by atoms with Crippen LogP contribution in [0.3, 0.4) is 0 Å². The van der Waals surface area contributed by atoms with Crippen LogP contribution in [0.5, 0.6) is 0 Å². The molecule has 2 saturated heterocycles. The van der Waals surface area contributed by atoms with Crippen LogP contribution in [0.25, 0.3) is 0 Å². The third-order valence-electron chi connectivity index (χ3n) is 5.74. The fourth-order valence-electron chi connectivity index (χ4n) is 4.09. The van der Waals surface area contributed by atoms with E-state index in [1.165, 1.54) is 5.56 Å². The monoisotopic (exact) mass is 395 g/mol. The quantitative estimate of drug-likeness (QED) is 0.830. The molecule has 1 unspecified atom stereocenters. The summed E-state index contributed by atoms with van der Waals surface area (Å²) in [6.07, 6.45) is 4.75. The number of anilines is 2. The van der Waals surface area contributed by atoms with E-state index >= 15 is 0 Å². The molecule has 7 heteroatoms. The molecular weight excluding hydrogens is 366 g/mol. The molecule has 2 aliphatic rings. The zero-order chi connectivity index (χ0) is 20.2. The van der Waals surface area contributed by atoms with Crippen molar-refractivity contribution in [3.63, 3.8) is 0 Å². The van der Waals surface area contributed by atoms with Gasteiger partial charge in [0.05, 0.1) is 0 Å². The van der Waals surface area contributed by atoms with E-state index in [-0.39, 0.29) is 12.1 Å². The van der Waals surface area contributed by atoms with Crippen molar-refractivity contribution in [3.05, 3.63) is 47.3 Å². The highest BCUT2D eigenvalue weighted by molar-refractivity contribution is 5.90. The summed E-state index contributed by atoms with van der Waals surface area (Å²) in [6, 6.07) is 7.94. The number of urea groups is 1. The summed E-state index contributed by atoms with van der Waals surface area (Å²) < 4.78 is 5.46. The van der Waals surface area contributed by atoms with Crippen LogP contribution >= 0.6 is 0 Å². The van der Waals surface area contributed by atoms with Crippen LogP contribution in [0.4, 0.5) is 16.4 Å². The number of carbonyl (C=O) groups excluding carboxylic acids is 1. The molecule has 2 fully saturated rings. The van der Waals surface area contributed by atoms with Crippen LogP contribution < -0.4 is 15.5 Å². The molecule has 0 aliphatic carbocycles. The molecule has 1 aromatic heterocycles. The molecule has 154 valence electrons. The Morgan fingerprint density at radius 1 is 1.17 bits per heavy atom. The number of carbonyl (C=O) groups is 1. The predicted molar refractivity (Wildman–Crippen MR) is 114 cm³/mol. The fraction of sp³-hybridized carbons (Fsp3) is 0.500. The Labute approximate surface area is 171 Å². The predicted octanol–water partition coefficient (Wildman–Crippen LogP) is 3.39. The van der Waals surface area contributed by atoms with Gasteiger partial charge >= 0.3 is 6.03 Å². The Kier molecular flexibility index (Phi) is 5.94. The van der Waals surface area contributed by atoms with Crippen LogP contribution in [-0.2, 0) is 4.74 Å². The van der Waals surface area contributed by atoms with Gasteiger partial charge in [-0.3, -0.25) is 0 Å². The van der Waals surface area contributed by atoms with Gasteiger partial charge in [0.15, 0.2) is 0 Å². The maximum absolute atomic E-state index is 12.4. The number of rotatable bonds is 4. The van der Waals surface area contributed by atoms with Gasteiger partial charge in [0, 0.05) is 55.8 Å². The lowest BCUT2D eigenvalue weighted by Gasteiger charge is -2.23. The lowest BCUT2D eigenvalue weighted by Crippen LogP contribution is -2.40. The van der Waals surface area contributed by atoms with Crippen molar-refractivity contribution < 1.29 is 9.53 Å². The van der Waals surface area contributed by atoms with Crippen LogP contribution in [0.2, 0.25) is 0 Å². The van der Waals surface area contributed by atoms with E-state index < -0.39 is 0 Å². The molecule has 1 aromatic carbocycles. The Morgan fingerprint density at radius 2 is 2.00 bits per heavy atom. The van der Waals surface area contributed by atoms with Crippen molar-refractivity contribution in [2.24, 2.45) is 0 Å². The van der Waals surface area contributed by atoms with Crippen LogP contribution in [0.15, 0.2) is 30.5 Å². The zero-order valence-corrected chi connectivity index (χ0v) is 17.1. The first-order valence-corrected chi connectivity index (χ1v) is 10.4. The highest BCUT2D eigenvalue weighted by Gasteiger charge is 2.27. The summed E-state index contributed by atoms with van der Waals surface area (Å²) in [7, 11) is 0. The lowest BCUT2D eigenvalue weighted by molar-refractivity contribution is 0.0845. The van der Waals surface area contributed by atoms with Crippen molar-refractivity contribution in [2.45, 2.75) is 45.1 Å². The van der Waals surface area contributed by atoms with Gasteiger partial charge in [0.2, 0.25) is 5.95 Å². The number of hydrogen-bond donors (Lipinski definition) is 2. The van der Waals surface area contributed by atoms with E-state index in [9.17, 15) is 4.79 Å². The molecule has 2 aliphatic heterocycles. The van der Waals surface area contributed by atoms with Crippen LogP contribution in [-0.4, -0.2) is 48.3 Å². The molecule has 0 radical (unpaired) electrons. The first kappa shape index (κ1) is 19.6. The Bertz CT molecular complexity index is 866. The lowest BCUT2D eigenvalue weighted by atomic mass is 9.96. The van der Waals surface area contributed by atoms with Crippen LogP contribution in [0, 0.1) is 13.8 Å². The average molecular weight is 396 g/mol. The van der Waals surface area contributed by atoms with Gasteiger partial charge in [-0.1, -0.05) is 17.7 Å². The molecule has 3 heterocycles. The van der Waals surface area contributed by atoms with E-state index in [0.29, 0.717) is 5.92 Å². The normalized spacial score (nSPS) is 19.9. The number of benzene rings is 1. The van der Waals surface area contributed by atoms with Crippen molar-refractivity contribution in [1.29, 1.82) is 0 Å². The van der Waals surface area contributed by atoms with E-state index in [1.54, 1.807) is 0 Å². The second kappa shape index (κ2) is 8.78. The van der Waals surface area contributed by atoms with Gasteiger partial charge < -0.3 is 20.3 Å². The Hall–Kier alpha value is -2.67. The molecular formula is C22H29N5O2. The molecule has 2 N–H and O–H groups in total. The second-order valence-electron chi connectivity index (χ2n) is 8.02. The maximum atomic E-state index is 12.4. The van der Waals surface area contributed by atoms with Gasteiger partial charge in [-0.15, -0.1) is 0 Å². The molecule has 2 amide bonds. The van der Waals surface area contributed by atoms with Crippen molar-refractivity contribution in [1.82, 2.24) is 15.3 Å². The van der Waals surface area contributed by atoms with Gasteiger partial charge in [0.1, 0.15) is 0 Å². The number of hydrogen-bond acceptors (Lipinski definition) is 5. The molecule has 0 spiro atoms. The first-order chi connectivity index (χ1) is 14.1. The maximum Gasteiger partial charge on any atom is 0.319 e. The van der Waals surface area contributed by atoms with Gasteiger partial charge in [-0.05, 0) is 50.8 Å². The smallest absolute Gasteiger partial charge is 0.319 e. The number of ether oxygens (including phenoxy) is 1. The topological polar surface area (TPSA) is 79.4 Å². The summed E-state index contributed by atoms with van der Waals surface area (Å²) in [5.41, 5.74) is 4.19. The third kappa shape index (κ3) is 4.85. The van der Waals surface area contributed by atoms with E-state index in [4.69, 9.17) is 9.72 Å². The minimum Gasteiger partial charge on any atom is -0.381 e. The van der Waals surface area contributed by atoms with Crippen molar-refractivity contribution >= 4 is 17.7 Å². The number of nitrogens with zero attached hydrogens (tertiary/aromatic N) is 3. The molecule has 29 heavy (non-hydrogen) atoms. The summed E-state index contributed by atoms with van der Waals surface area (Å²) in [5.74, 6) is 1.21. The molecule has 0 bridgehead atoms. The Balaban J connectivity index is 1.33. The molecule has 2 aromatic rings.